The minimum Gasteiger partial charge on any atom is -0.497 e. The second-order valence-electron chi connectivity index (χ2n) is 5.76. The molecule has 0 spiro atoms. The number of carbonyl (C=O) groups is 1. The van der Waals surface area contributed by atoms with Gasteiger partial charge in [-0.2, -0.15) is 0 Å². The number of hydrogen-bond acceptors (Lipinski definition) is 6. The third kappa shape index (κ3) is 2.97. The van der Waals surface area contributed by atoms with E-state index < -0.39 is 0 Å². The lowest BCUT2D eigenvalue weighted by Gasteiger charge is -2.01. The number of aryl methyl sites for hydroxylation is 2. The fraction of sp³-hybridized carbons (Fsp3) is 0.167. The van der Waals surface area contributed by atoms with Crippen LogP contribution in [0, 0.1) is 13.8 Å². The number of carbonyl (C=O) groups excluding carboxylic acids is 1. The zero-order chi connectivity index (χ0) is 18.3. The highest BCUT2D eigenvalue weighted by atomic mass is 32.1. The van der Waals surface area contributed by atoms with Gasteiger partial charge in [0.15, 0.2) is 10.1 Å². The number of rotatable bonds is 4. The number of imidazole rings is 1. The molecule has 0 radical (unpaired) electrons. The Kier molecular flexibility index (Phi) is 4.21. The zero-order valence-electron chi connectivity index (χ0n) is 14.4. The topological polar surface area (TPSA) is 68.5 Å². The van der Waals surface area contributed by atoms with Crippen LogP contribution in [0.1, 0.15) is 21.1 Å². The number of ether oxygens (including phenoxy) is 1. The predicted octanol–water partition coefficient (Wildman–Crippen LogP) is 4.40. The van der Waals surface area contributed by atoms with Crippen molar-refractivity contribution in [1.29, 1.82) is 0 Å². The van der Waals surface area contributed by atoms with E-state index in [0.29, 0.717) is 10.8 Å². The van der Waals surface area contributed by atoms with Crippen LogP contribution in [0.5, 0.6) is 5.75 Å². The van der Waals surface area contributed by atoms with Crippen molar-refractivity contribution < 1.29 is 9.53 Å². The summed E-state index contributed by atoms with van der Waals surface area (Å²) in [4.78, 5) is 23.3. The minimum absolute atomic E-state index is 0.254. The molecule has 1 N–H and O–H groups in total. The molecule has 132 valence electrons. The van der Waals surface area contributed by atoms with Crippen LogP contribution in [0.2, 0.25) is 0 Å². The van der Waals surface area contributed by atoms with Gasteiger partial charge in [-0.25, -0.2) is 9.97 Å². The Hall–Kier alpha value is -2.71. The maximum absolute atomic E-state index is 12.5. The van der Waals surface area contributed by atoms with Gasteiger partial charge in [0.05, 0.1) is 12.8 Å². The van der Waals surface area contributed by atoms with Crippen LogP contribution in [-0.2, 0) is 0 Å². The molecule has 6 nitrogen and oxygen atoms in total. The molecule has 0 atom stereocenters. The first-order chi connectivity index (χ1) is 12.5. The molecule has 4 rings (SSSR count). The molecule has 3 heterocycles. The number of thiazole rings is 2. The highest BCUT2D eigenvalue weighted by Gasteiger charge is 2.16. The first-order valence-corrected chi connectivity index (χ1v) is 9.61. The molecule has 0 bridgehead atoms. The van der Waals surface area contributed by atoms with Crippen LogP contribution in [0.25, 0.3) is 16.2 Å². The third-order valence-corrected chi connectivity index (χ3v) is 5.85. The van der Waals surface area contributed by atoms with E-state index in [-0.39, 0.29) is 5.91 Å². The van der Waals surface area contributed by atoms with E-state index in [1.54, 1.807) is 13.3 Å². The molecule has 0 unspecified atom stereocenters. The highest BCUT2D eigenvalue weighted by molar-refractivity contribution is 7.16. The Morgan fingerprint density at radius 1 is 1.19 bits per heavy atom. The van der Waals surface area contributed by atoms with Crippen molar-refractivity contribution in [3.05, 3.63) is 52.1 Å². The van der Waals surface area contributed by atoms with Crippen molar-refractivity contribution in [2.24, 2.45) is 0 Å². The maximum Gasteiger partial charge on any atom is 0.277 e. The SMILES string of the molecule is COc1ccc(-c2nc(NC(=O)c3cn4c(C)csc4n3)sc2C)cc1. The van der Waals surface area contributed by atoms with Crippen LogP contribution in [0.3, 0.4) is 0 Å². The third-order valence-electron chi connectivity index (χ3n) is 4.00. The summed E-state index contributed by atoms with van der Waals surface area (Å²) in [5, 5.41) is 5.43. The van der Waals surface area contributed by atoms with Crippen LogP contribution >= 0.6 is 22.7 Å². The molecular weight excluding hydrogens is 368 g/mol. The molecule has 1 aromatic carbocycles. The van der Waals surface area contributed by atoms with Gasteiger partial charge < -0.3 is 4.74 Å². The van der Waals surface area contributed by atoms with Gasteiger partial charge in [0, 0.05) is 27.7 Å². The van der Waals surface area contributed by atoms with Gasteiger partial charge in [0.2, 0.25) is 0 Å². The van der Waals surface area contributed by atoms with Crippen LogP contribution in [-0.4, -0.2) is 27.4 Å². The average molecular weight is 384 g/mol. The number of nitrogens with one attached hydrogen (secondary N) is 1. The molecular formula is C18H16N4O2S2. The van der Waals surface area contributed by atoms with Gasteiger partial charge in [-0.3, -0.25) is 14.5 Å². The summed E-state index contributed by atoms with van der Waals surface area (Å²) in [6.45, 7) is 3.97. The van der Waals surface area contributed by atoms with E-state index in [1.165, 1.54) is 22.7 Å². The Labute approximate surface area is 158 Å². The molecule has 0 aliphatic carbocycles. The monoisotopic (exact) mass is 384 g/mol. The Morgan fingerprint density at radius 2 is 1.96 bits per heavy atom. The van der Waals surface area contributed by atoms with E-state index >= 15 is 0 Å². The number of methoxy groups -OCH3 is 1. The standard InChI is InChI=1S/C18H16N4O2S2/c1-10-9-25-18-19-14(8-22(10)18)16(23)21-17-20-15(11(2)26-17)12-4-6-13(24-3)7-5-12/h4-9H,1-3H3,(H,20,21,23). The summed E-state index contributed by atoms with van der Waals surface area (Å²) in [5.74, 6) is 0.542. The summed E-state index contributed by atoms with van der Waals surface area (Å²) in [6, 6.07) is 7.70. The van der Waals surface area contributed by atoms with Crippen LogP contribution in [0.4, 0.5) is 5.13 Å². The quantitative estimate of drug-likeness (QED) is 0.566. The second-order valence-corrected chi connectivity index (χ2v) is 7.80. The average Bonchev–Trinajstić information content (AvgIpc) is 3.31. The number of anilines is 1. The van der Waals surface area contributed by atoms with Gasteiger partial charge in [-0.15, -0.1) is 22.7 Å². The molecule has 8 heteroatoms. The van der Waals surface area contributed by atoms with Crippen molar-refractivity contribution in [2.75, 3.05) is 12.4 Å². The molecule has 0 aliphatic heterocycles. The van der Waals surface area contributed by atoms with Gasteiger partial charge in [0.1, 0.15) is 11.4 Å². The molecule has 1 amide bonds. The fourth-order valence-electron chi connectivity index (χ4n) is 2.63. The lowest BCUT2D eigenvalue weighted by atomic mass is 10.1. The van der Waals surface area contributed by atoms with E-state index in [2.05, 4.69) is 15.3 Å². The lowest BCUT2D eigenvalue weighted by molar-refractivity contribution is 0.102. The van der Waals surface area contributed by atoms with Gasteiger partial charge in [0.25, 0.3) is 5.91 Å². The van der Waals surface area contributed by atoms with Crippen molar-refractivity contribution >= 4 is 38.7 Å². The Bertz CT molecular complexity index is 1090. The van der Waals surface area contributed by atoms with Gasteiger partial charge >= 0.3 is 0 Å². The summed E-state index contributed by atoms with van der Waals surface area (Å²) in [5.41, 5.74) is 3.29. The van der Waals surface area contributed by atoms with E-state index in [4.69, 9.17) is 4.74 Å². The first kappa shape index (κ1) is 16.7. The number of fused-ring (bicyclic) bond motifs is 1. The van der Waals surface area contributed by atoms with E-state index in [9.17, 15) is 4.79 Å². The number of nitrogens with zero attached hydrogens (tertiary/aromatic N) is 3. The largest absolute Gasteiger partial charge is 0.497 e. The Balaban J connectivity index is 1.57. The van der Waals surface area contributed by atoms with Crippen molar-refractivity contribution in [3.63, 3.8) is 0 Å². The summed E-state index contributed by atoms with van der Waals surface area (Å²) in [6.07, 6.45) is 1.75. The van der Waals surface area contributed by atoms with Crippen molar-refractivity contribution in [2.45, 2.75) is 13.8 Å². The van der Waals surface area contributed by atoms with Gasteiger partial charge in [-0.05, 0) is 38.1 Å². The molecule has 0 saturated carbocycles. The lowest BCUT2D eigenvalue weighted by Crippen LogP contribution is -2.12. The summed E-state index contributed by atoms with van der Waals surface area (Å²) in [7, 11) is 1.64. The zero-order valence-corrected chi connectivity index (χ0v) is 16.1. The van der Waals surface area contributed by atoms with Crippen LogP contribution in [0.15, 0.2) is 35.8 Å². The van der Waals surface area contributed by atoms with Crippen molar-refractivity contribution in [1.82, 2.24) is 14.4 Å². The fourth-order valence-corrected chi connectivity index (χ4v) is 4.31. The predicted molar refractivity (Wildman–Crippen MR) is 105 cm³/mol. The highest BCUT2D eigenvalue weighted by Crippen LogP contribution is 2.31. The number of benzene rings is 1. The smallest absolute Gasteiger partial charge is 0.277 e. The van der Waals surface area contributed by atoms with E-state index in [1.807, 2.05) is 47.9 Å². The van der Waals surface area contributed by atoms with Crippen molar-refractivity contribution in [3.8, 4) is 17.0 Å². The van der Waals surface area contributed by atoms with Crippen LogP contribution < -0.4 is 10.1 Å². The molecule has 0 aliphatic rings. The summed E-state index contributed by atoms with van der Waals surface area (Å²) >= 11 is 2.96. The molecule has 0 fully saturated rings. The molecule has 3 aromatic heterocycles. The molecule has 4 aromatic rings. The Morgan fingerprint density at radius 3 is 2.65 bits per heavy atom. The van der Waals surface area contributed by atoms with E-state index in [0.717, 1.165) is 32.5 Å². The minimum atomic E-state index is -0.254. The number of hydrogen-bond donors (Lipinski definition) is 1. The molecule has 0 saturated heterocycles. The number of amides is 1. The maximum atomic E-state index is 12.5. The first-order valence-electron chi connectivity index (χ1n) is 7.91. The normalized spacial score (nSPS) is 11.0. The molecule has 26 heavy (non-hydrogen) atoms. The van der Waals surface area contributed by atoms with Gasteiger partial charge in [-0.1, -0.05) is 0 Å². The number of aromatic nitrogens is 3. The summed E-state index contributed by atoms with van der Waals surface area (Å²) < 4.78 is 7.10. The second kappa shape index (κ2) is 6.54.